The van der Waals surface area contributed by atoms with Gasteiger partial charge in [0.2, 0.25) is 6.79 Å². The van der Waals surface area contributed by atoms with Gasteiger partial charge in [0.15, 0.2) is 11.5 Å². The van der Waals surface area contributed by atoms with Gasteiger partial charge in [-0.1, -0.05) is 19.9 Å². The Hall–Kier alpha value is -1.75. The smallest absolute Gasteiger partial charge is 0.321 e. The Balaban J connectivity index is 2.36. The molecule has 0 aromatic heterocycles. The lowest BCUT2D eigenvalue weighted by atomic mass is 9.78. The lowest BCUT2D eigenvalue weighted by molar-refractivity contribution is -0.140. The molecule has 0 radical (unpaired) electrons. The van der Waals surface area contributed by atoms with E-state index >= 15 is 0 Å². The molecule has 17 heavy (non-hydrogen) atoms. The van der Waals surface area contributed by atoms with Crippen LogP contribution in [-0.2, 0) is 10.2 Å². The molecule has 1 atom stereocenters. The fourth-order valence-electron chi connectivity index (χ4n) is 1.79. The van der Waals surface area contributed by atoms with Crippen LogP contribution in [0.2, 0.25) is 0 Å². The van der Waals surface area contributed by atoms with Crippen molar-refractivity contribution >= 4 is 5.97 Å². The second-order valence-corrected chi connectivity index (χ2v) is 4.61. The molecule has 0 saturated heterocycles. The molecule has 0 spiro atoms. The minimum absolute atomic E-state index is 0.199. The lowest BCUT2D eigenvalue weighted by Crippen LogP contribution is -2.46. The highest BCUT2D eigenvalue weighted by Gasteiger charge is 2.34. The molecule has 3 N–H and O–H groups in total. The van der Waals surface area contributed by atoms with Crippen LogP contribution in [0, 0.1) is 0 Å². The molecule has 1 aliphatic heterocycles. The van der Waals surface area contributed by atoms with Gasteiger partial charge in [-0.15, -0.1) is 0 Å². The number of carboxylic acids is 1. The summed E-state index contributed by atoms with van der Waals surface area (Å²) in [5, 5.41) is 8.99. The van der Waals surface area contributed by atoms with Crippen molar-refractivity contribution in [3.8, 4) is 11.5 Å². The quantitative estimate of drug-likeness (QED) is 0.822. The van der Waals surface area contributed by atoms with E-state index in [1.54, 1.807) is 26.0 Å². The summed E-state index contributed by atoms with van der Waals surface area (Å²) in [4.78, 5) is 11.0. The van der Waals surface area contributed by atoms with Crippen LogP contribution < -0.4 is 15.2 Å². The molecule has 5 heteroatoms. The third-order valence-corrected chi connectivity index (χ3v) is 3.16. The lowest BCUT2D eigenvalue weighted by Gasteiger charge is -2.29. The summed E-state index contributed by atoms with van der Waals surface area (Å²) in [6.45, 7) is 3.79. The molecule has 0 saturated carbocycles. The summed E-state index contributed by atoms with van der Waals surface area (Å²) < 4.78 is 10.5. The van der Waals surface area contributed by atoms with E-state index in [2.05, 4.69) is 0 Å². The van der Waals surface area contributed by atoms with E-state index in [-0.39, 0.29) is 6.79 Å². The normalized spacial score (nSPS) is 15.7. The minimum Gasteiger partial charge on any atom is -0.480 e. The molecule has 92 valence electrons. The van der Waals surface area contributed by atoms with Crippen molar-refractivity contribution in [3.63, 3.8) is 0 Å². The molecule has 0 bridgehead atoms. The van der Waals surface area contributed by atoms with Crippen molar-refractivity contribution in [2.75, 3.05) is 6.79 Å². The standard InChI is InChI=1S/C12H15NO4/c1-12(2,10(13)11(14)15)7-3-4-8-9(5-7)17-6-16-8/h3-5,10H,6,13H2,1-2H3,(H,14,15). The molecule has 0 fully saturated rings. The highest BCUT2D eigenvalue weighted by Crippen LogP contribution is 2.37. The number of hydrogen-bond donors (Lipinski definition) is 2. The molecule has 0 aliphatic carbocycles. The summed E-state index contributed by atoms with van der Waals surface area (Å²) in [5.74, 6) is 0.286. The summed E-state index contributed by atoms with van der Waals surface area (Å²) in [6, 6.07) is 4.40. The molecule has 1 aromatic carbocycles. The molecule has 2 rings (SSSR count). The van der Waals surface area contributed by atoms with Crippen LogP contribution in [0.3, 0.4) is 0 Å². The van der Waals surface area contributed by atoms with Crippen molar-refractivity contribution in [1.82, 2.24) is 0 Å². The van der Waals surface area contributed by atoms with Gasteiger partial charge in [0.25, 0.3) is 0 Å². The zero-order chi connectivity index (χ0) is 12.6. The predicted octanol–water partition coefficient (Wildman–Crippen LogP) is 1.10. The Morgan fingerprint density at radius 1 is 1.41 bits per heavy atom. The average Bonchev–Trinajstić information content (AvgIpc) is 2.74. The molecule has 1 heterocycles. The summed E-state index contributed by atoms with van der Waals surface area (Å²) in [6.07, 6.45) is 0. The number of carbonyl (C=O) groups is 1. The average molecular weight is 237 g/mol. The van der Waals surface area contributed by atoms with Crippen molar-refractivity contribution in [2.24, 2.45) is 5.73 Å². The van der Waals surface area contributed by atoms with Gasteiger partial charge in [-0.2, -0.15) is 0 Å². The SMILES string of the molecule is CC(C)(c1ccc2c(c1)OCO2)C(N)C(=O)O. The third-order valence-electron chi connectivity index (χ3n) is 3.16. The van der Waals surface area contributed by atoms with E-state index in [1.807, 2.05) is 6.07 Å². The van der Waals surface area contributed by atoms with E-state index in [4.69, 9.17) is 20.3 Å². The first-order valence-electron chi connectivity index (χ1n) is 5.31. The molecule has 1 aromatic rings. The van der Waals surface area contributed by atoms with Gasteiger partial charge in [-0.3, -0.25) is 4.79 Å². The number of hydrogen-bond acceptors (Lipinski definition) is 4. The fraction of sp³-hybridized carbons (Fsp3) is 0.417. The van der Waals surface area contributed by atoms with Gasteiger partial charge < -0.3 is 20.3 Å². The Labute approximate surface area is 99.1 Å². The summed E-state index contributed by atoms with van der Waals surface area (Å²) in [5.41, 5.74) is 5.84. The number of benzene rings is 1. The van der Waals surface area contributed by atoms with E-state index in [0.29, 0.717) is 11.5 Å². The number of nitrogens with two attached hydrogens (primary N) is 1. The Bertz CT molecular complexity index is 456. The molecule has 0 amide bonds. The maximum atomic E-state index is 11.0. The fourth-order valence-corrected chi connectivity index (χ4v) is 1.79. The third kappa shape index (κ3) is 1.93. The molecule has 5 nitrogen and oxygen atoms in total. The van der Waals surface area contributed by atoms with Gasteiger partial charge in [0.1, 0.15) is 6.04 Å². The predicted molar refractivity (Wildman–Crippen MR) is 61.2 cm³/mol. The van der Waals surface area contributed by atoms with Crippen molar-refractivity contribution in [3.05, 3.63) is 23.8 Å². The second kappa shape index (κ2) is 3.92. The van der Waals surface area contributed by atoms with Crippen LogP contribution in [0.15, 0.2) is 18.2 Å². The summed E-state index contributed by atoms with van der Waals surface area (Å²) in [7, 11) is 0. The Morgan fingerprint density at radius 2 is 2.06 bits per heavy atom. The van der Waals surface area contributed by atoms with Crippen LogP contribution in [-0.4, -0.2) is 23.9 Å². The Kier molecular flexibility index (Phi) is 2.71. The summed E-state index contributed by atoms with van der Waals surface area (Å²) >= 11 is 0. The maximum Gasteiger partial charge on any atom is 0.321 e. The minimum atomic E-state index is -1.02. The number of fused-ring (bicyclic) bond motifs is 1. The second-order valence-electron chi connectivity index (χ2n) is 4.61. The van der Waals surface area contributed by atoms with Gasteiger partial charge in [-0.05, 0) is 17.7 Å². The van der Waals surface area contributed by atoms with Crippen LogP contribution in [0.5, 0.6) is 11.5 Å². The number of carboxylic acid groups (broad SMARTS) is 1. The van der Waals surface area contributed by atoms with Crippen molar-refractivity contribution < 1.29 is 19.4 Å². The van der Waals surface area contributed by atoms with E-state index < -0.39 is 17.4 Å². The van der Waals surface area contributed by atoms with Gasteiger partial charge in [0, 0.05) is 5.41 Å². The van der Waals surface area contributed by atoms with Gasteiger partial charge in [-0.25, -0.2) is 0 Å². The van der Waals surface area contributed by atoms with E-state index in [9.17, 15) is 4.79 Å². The van der Waals surface area contributed by atoms with Crippen LogP contribution in [0.1, 0.15) is 19.4 Å². The molecular weight excluding hydrogens is 222 g/mol. The molecule has 1 aliphatic rings. The van der Waals surface area contributed by atoms with Crippen molar-refractivity contribution in [2.45, 2.75) is 25.3 Å². The van der Waals surface area contributed by atoms with Crippen LogP contribution >= 0.6 is 0 Å². The zero-order valence-electron chi connectivity index (χ0n) is 9.77. The highest BCUT2D eigenvalue weighted by molar-refractivity contribution is 5.75. The largest absolute Gasteiger partial charge is 0.480 e. The first-order chi connectivity index (χ1) is 7.93. The van der Waals surface area contributed by atoms with E-state index in [1.165, 1.54) is 0 Å². The number of ether oxygens (including phenoxy) is 2. The van der Waals surface area contributed by atoms with Crippen molar-refractivity contribution in [1.29, 1.82) is 0 Å². The monoisotopic (exact) mass is 237 g/mol. The zero-order valence-corrected chi connectivity index (χ0v) is 9.77. The molecular formula is C12H15NO4. The Morgan fingerprint density at radius 3 is 2.71 bits per heavy atom. The van der Waals surface area contributed by atoms with Gasteiger partial charge in [0.05, 0.1) is 0 Å². The maximum absolute atomic E-state index is 11.0. The number of rotatable bonds is 3. The first kappa shape index (κ1) is 11.7. The van der Waals surface area contributed by atoms with Crippen LogP contribution in [0.25, 0.3) is 0 Å². The molecule has 1 unspecified atom stereocenters. The first-order valence-corrected chi connectivity index (χ1v) is 5.31. The highest BCUT2D eigenvalue weighted by atomic mass is 16.7. The number of aliphatic carboxylic acids is 1. The van der Waals surface area contributed by atoms with Crippen LogP contribution in [0.4, 0.5) is 0 Å². The van der Waals surface area contributed by atoms with E-state index in [0.717, 1.165) is 5.56 Å². The topological polar surface area (TPSA) is 81.8 Å². The van der Waals surface area contributed by atoms with Gasteiger partial charge >= 0.3 is 5.97 Å².